The van der Waals surface area contributed by atoms with E-state index in [9.17, 15) is 14.7 Å². The van der Waals surface area contributed by atoms with Gasteiger partial charge in [0.05, 0.1) is 35.7 Å². The normalized spacial score (nSPS) is 14.9. The molecule has 2 heterocycles. The number of rotatable bonds is 5. The molecule has 1 amide bonds. The molecular formula is C26H19Br2NO6. The van der Waals surface area contributed by atoms with Crippen molar-refractivity contribution < 1.29 is 23.8 Å². The van der Waals surface area contributed by atoms with Crippen molar-refractivity contribution in [1.29, 1.82) is 0 Å². The highest BCUT2D eigenvalue weighted by atomic mass is 79.9. The molecule has 1 atom stereocenters. The van der Waals surface area contributed by atoms with E-state index in [4.69, 9.17) is 13.9 Å². The molecule has 35 heavy (non-hydrogen) atoms. The molecule has 7 nitrogen and oxygen atoms in total. The van der Waals surface area contributed by atoms with Crippen LogP contribution in [0.2, 0.25) is 0 Å². The molecule has 0 unspecified atom stereocenters. The van der Waals surface area contributed by atoms with Gasteiger partial charge in [-0.05, 0) is 69.5 Å². The number of phenols is 1. The number of hydrogen-bond donors (Lipinski definition) is 1. The van der Waals surface area contributed by atoms with Crippen molar-refractivity contribution in [2.24, 2.45) is 0 Å². The van der Waals surface area contributed by atoms with Gasteiger partial charge in [0.15, 0.2) is 16.9 Å². The summed E-state index contributed by atoms with van der Waals surface area (Å²) in [4.78, 5) is 29.0. The molecule has 178 valence electrons. The molecule has 5 rings (SSSR count). The summed E-state index contributed by atoms with van der Waals surface area (Å²) in [7, 11) is 3.02. The number of carbonyl (C=O) groups excluding carboxylic acids is 1. The average Bonchev–Trinajstić information content (AvgIpc) is 3.13. The van der Waals surface area contributed by atoms with E-state index in [1.165, 1.54) is 7.11 Å². The first-order valence-electron chi connectivity index (χ1n) is 10.6. The van der Waals surface area contributed by atoms with Gasteiger partial charge in [0.2, 0.25) is 5.76 Å². The van der Waals surface area contributed by atoms with Gasteiger partial charge < -0.3 is 23.9 Å². The van der Waals surface area contributed by atoms with Gasteiger partial charge in [-0.15, -0.1) is 0 Å². The number of ether oxygens (including phenoxy) is 2. The highest BCUT2D eigenvalue weighted by molar-refractivity contribution is 9.10. The molecule has 0 fully saturated rings. The zero-order valence-corrected chi connectivity index (χ0v) is 21.8. The summed E-state index contributed by atoms with van der Waals surface area (Å²) in [5.74, 6) is 0.448. The second-order valence-electron chi connectivity index (χ2n) is 8.05. The van der Waals surface area contributed by atoms with Gasteiger partial charge in [-0.25, -0.2) is 0 Å². The molecule has 0 aliphatic carbocycles. The average molecular weight is 601 g/mol. The summed E-state index contributed by atoms with van der Waals surface area (Å²) in [6.07, 6.45) is 0. The lowest BCUT2D eigenvalue weighted by Gasteiger charge is -2.26. The molecule has 1 aliphatic heterocycles. The van der Waals surface area contributed by atoms with Crippen LogP contribution in [0.3, 0.4) is 0 Å². The molecule has 3 aromatic carbocycles. The zero-order valence-electron chi connectivity index (χ0n) is 18.7. The van der Waals surface area contributed by atoms with E-state index >= 15 is 0 Å². The summed E-state index contributed by atoms with van der Waals surface area (Å²) >= 11 is 6.76. The van der Waals surface area contributed by atoms with Crippen molar-refractivity contribution in [3.63, 3.8) is 0 Å². The number of benzene rings is 3. The third-order valence-electron chi connectivity index (χ3n) is 6.03. The Hall–Kier alpha value is -3.30. The Balaban J connectivity index is 1.73. The number of nitrogens with zero attached hydrogens (tertiary/aromatic N) is 1. The van der Waals surface area contributed by atoms with Crippen LogP contribution < -0.4 is 14.9 Å². The number of aromatic hydroxyl groups is 1. The van der Waals surface area contributed by atoms with Crippen molar-refractivity contribution in [1.82, 2.24) is 4.90 Å². The van der Waals surface area contributed by atoms with E-state index in [0.29, 0.717) is 26.8 Å². The molecule has 1 aliphatic rings. The molecule has 0 radical (unpaired) electrons. The number of methoxy groups -OCH3 is 2. The molecule has 1 N–H and O–H groups in total. The third-order valence-corrected chi connectivity index (χ3v) is 7.12. The van der Waals surface area contributed by atoms with Gasteiger partial charge in [-0.2, -0.15) is 0 Å². The molecule has 0 bridgehead atoms. The minimum absolute atomic E-state index is 0.00602. The first-order valence-corrected chi connectivity index (χ1v) is 12.2. The van der Waals surface area contributed by atoms with E-state index in [2.05, 4.69) is 31.9 Å². The lowest BCUT2D eigenvalue weighted by molar-refractivity contribution is 0.0714. The van der Waals surface area contributed by atoms with Crippen LogP contribution in [0.15, 0.2) is 72.8 Å². The Bertz CT molecular complexity index is 1530. The second-order valence-corrected chi connectivity index (χ2v) is 9.82. The fraction of sp³-hybridized carbons (Fsp3) is 0.154. The van der Waals surface area contributed by atoms with Gasteiger partial charge in [0, 0.05) is 11.0 Å². The summed E-state index contributed by atoms with van der Waals surface area (Å²) in [6.45, 7) is 0.220. The van der Waals surface area contributed by atoms with Crippen LogP contribution >= 0.6 is 31.9 Å². The quantitative estimate of drug-likeness (QED) is 0.312. The smallest absolute Gasteiger partial charge is 0.291 e. The van der Waals surface area contributed by atoms with Gasteiger partial charge in [0.25, 0.3) is 5.91 Å². The van der Waals surface area contributed by atoms with Crippen molar-refractivity contribution in [3.05, 3.63) is 96.2 Å². The predicted molar refractivity (Wildman–Crippen MR) is 137 cm³/mol. The van der Waals surface area contributed by atoms with Crippen LogP contribution in [0.4, 0.5) is 0 Å². The topological polar surface area (TPSA) is 89.2 Å². The standard InChI is InChI=1S/C26H19Br2NO6/c1-33-16-6-3-13(4-7-16)12-29-22(14-9-18(28)24(31)20(10-14)34-2)21-23(30)17-11-15(27)5-8-19(17)35-25(21)26(29)32/h3-11,22,31H,12H2,1-2H3/t22-/m0/s1. The zero-order chi connectivity index (χ0) is 24.9. The van der Waals surface area contributed by atoms with Crippen molar-refractivity contribution in [3.8, 4) is 17.2 Å². The van der Waals surface area contributed by atoms with Crippen molar-refractivity contribution in [2.75, 3.05) is 14.2 Å². The van der Waals surface area contributed by atoms with Gasteiger partial charge in [-0.3, -0.25) is 9.59 Å². The highest BCUT2D eigenvalue weighted by Gasteiger charge is 2.43. The Labute approximate surface area is 217 Å². The maximum Gasteiger partial charge on any atom is 0.291 e. The van der Waals surface area contributed by atoms with E-state index < -0.39 is 11.9 Å². The monoisotopic (exact) mass is 599 g/mol. The molecule has 0 saturated heterocycles. The third kappa shape index (κ3) is 3.98. The fourth-order valence-electron chi connectivity index (χ4n) is 4.34. The number of halogens is 2. The van der Waals surface area contributed by atoms with Crippen LogP contribution in [0.1, 0.15) is 33.3 Å². The van der Waals surface area contributed by atoms with Gasteiger partial charge in [-0.1, -0.05) is 28.1 Å². The summed E-state index contributed by atoms with van der Waals surface area (Å²) < 4.78 is 17.7. The second kappa shape index (κ2) is 9.05. The minimum atomic E-state index is -0.759. The van der Waals surface area contributed by atoms with E-state index in [1.54, 1.807) is 42.3 Å². The Morgan fingerprint density at radius 1 is 1.00 bits per heavy atom. The van der Waals surface area contributed by atoms with Gasteiger partial charge in [0.1, 0.15) is 11.3 Å². The Morgan fingerprint density at radius 3 is 2.43 bits per heavy atom. The molecule has 1 aromatic heterocycles. The number of fused-ring (bicyclic) bond motifs is 2. The number of hydrogen-bond acceptors (Lipinski definition) is 6. The first-order chi connectivity index (χ1) is 16.8. The SMILES string of the molecule is COc1ccc(CN2C(=O)c3oc4ccc(Br)cc4c(=O)c3[C@@H]2c2cc(Br)c(O)c(OC)c2)cc1. The highest BCUT2D eigenvalue weighted by Crippen LogP contribution is 2.44. The lowest BCUT2D eigenvalue weighted by atomic mass is 9.97. The fourth-order valence-corrected chi connectivity index (χ4v) is 5.16. The van der Waals surface area contributed by atoms with E-state index in [0.717, 1.165) is 10.0 Å². The molecule has 4 aromatic rings. The van der Waals surface area contributed by atoms with Gasteiger partial charge >= 0.3 is 0 Å². The van der Waals surface area contributed by atoms with Crippen LogP contribution in [0.25, 0.3) is 11.0 Å². The summed E-state index contributed by atoms with van der Waals surface area (Å²) in [5.41, 5.74) is 1.73. The van der Waals surface area contributed by atoms with E-state index in [-0.39, 0.29) is 34.8 Å². The largest absolute Gasteiger partial charge is 0.503 e. The lowest BCUT2D eigenvalue weighted by Crippen LogP contribution is -2.29. The minimum Gasteiger partial charge on any atom is -0.503 e. The maximum absolute atomic E-state index is 13.7. The van der Waals surface area contributed by atoms with E-state index in [1.807, 2.05) is 24.3 Å². The van der Waals surface area contributed by atoms with Crippen molar-refractivity contribution in [2.45, 2.75) is 12.6 Å². The summed E-state index contributed by atoms with van der Waals surface area (Å²) in [5, 5.41) is 10.7. The molecular weight excluding hydrogens is 582 g/mol. The number of amides is 1. The molecule has 0 saturated carbocycles. The molecule has 0 spiro atoms. The van der Waals surface area contributed by atoms with Crippen molar-refractivity contribution >= 4 is 48.7 Å². The van der Waals surface area contributed by atoms with Crippen LogP contribution in [-0.2, 0) is 6.54 Å². The maximum atomic E-state index is 13.7. The predicted octanol–water partition coefficient (Wildman–Crippen LogP) is 5.79. The Kier molecular flexibility index (Phi) is 6.06. The first kappa shape index (κ1) is 23.4. The summed E-state index contributed by atoms with van der Waals surface area (Å²) in [6, 6.07) is 15.0. The molecule has 9 heteroatoms. The number of phenolic OH excluding ortho intramolecular Hbond substituents is 1. The number of carbonyl (C=O) groups is 1. The Morgan fingerprint density at radius 2 is 1.74 bits per heavy atom. The van der Waals surface area contributed by atoms with Crippen LogP contribution in [0, 0.1) is 0 Å². The van der Waals surface area contributed by atoms with Crippen LogP contribution in [0.5, 0.6) is 17.2 Å². The van der Waals surface area contributed by atoms with Crippen LogP contribution in [-0.4, -0.2) is 30.1 Å².